The first-order valence-electron chi connectivity index (χ1n) is 8.34. The van der Waals surface area contributed by atoms with Crippen molar-refractivity contribution in [3.05, 3.63) is 76.9 Å². The van der Waals surface area contributed by atoms with Gasteiger partial charge in [-0.15, -0.1) is 0 Å². The molecule has 136 valence electrons. The number of pyridine rings is 1. The summed E-state index contributed by atoms with van der Waals surface area (Å²) in [6, 6.07) is 13.8. The van der Waals surface area contributed by atoms with Crippen LogP contribution in [0.1, 0.15) is 22.4 Å². The van der Waals surface area contributed by atoms with E-state index in [0.29, 0.717) is 33.6 Å². The Kier molecular flexibility index (Phi) is 5.34. The summed E-state index contributed by atoms with van der Waals surface area (Å²) < 4.78 is 14.5. The molecule has 0 spiro atoms. The molecule has 3 aromatic rings. The van der Waals surface area contributed by atoms with Gasteiger partial charge >= 0.3 is 0 Å². The molecule has 5 nitrogen and oxygen atoms in total. The van der Waals surface area contributed by atoms with E-state index < -0.39 is 5.82 Å². The highest BCUT2D eigenvalue weighted by molar-refractivity contribution is 5.67. The maximum Gasteiger partial charge on any atom is 0.146 e. The predicted molar refractivity (Wildman–Crippen MR) is 100 cm³/mol. The topological polar surface area (TPSA) is 89.2 Å². The number of nitrogens with zero attached hydrogens (tertiary/aromatic N) is 2. The number of aromatic hydroxyl groups is 1. The van der Waals surface area contributed by atoms with Crippen molar-refractivity contribution in [1.82, 2.24) is 4.98 Å². The number of benzene rings is 2. The molecule has 6 heteroatoms. The summed E-state index contributed by atoms with van der Waals surface area (Å²) in [5.74, 6) is -0.472. The minimum Gasteiger partial charge on any atom is -0.506 e. The molecule has 0 aliphatic rings. The van der Waals surface area contributed by atoms with Gasteiger partial charge < -0.3 is 15.5 Å². The van der Waals surface area contributed by atoms with Crippen molar-refractivity contribution in [3.8, 4) is 22.9 Å². The first kappa shape index (κ1) is 18.4. The summed E-state index contributed by atoms with van der Waals surface area (Å²) >= 11 is 0. The number of rotatable bonds is 5. The Bertz CT molecular complexity index is 1010. The molecule has 27 heavy (non-hydrogen) atoms. The van der Waals surface area contributed by atoms with E-state index >= 15 is 0 Å². The number of hydrogen-bond donors (Lipinski definition) is 3. The van der Waals surface area contributed by atoms with Gasteiger partial charge in [-0.2, -0.15) is 5.26 Å². The summed E-state index contributed by atoms with van der Waals surface area (Å²) in [5.41, 5.74) is 3.77. The van der Waals surface area contributed by atoms with Crippen LogP contribution in [0.25, 0.3) is 11.1 Å². The lowest BCUT2D eigenvalue weighted by Crippen LogP contribution is -2.06. The molecule has 0 saturated heterocycles. The molecule has 1 aromatic heterocycles. The minimum atomic E-state index is -0.424. The monoisotopic (exact) mass is 363 g/mol. The van der Waals surface area contributed by atoms with Gasteiger partial charge in [-0.05, 0) is 47.9 Å². The molecule has 0 saturated carbocycles. The van der Waals surface area contributed by atoms with E-state index in [1.54, 1.807) is 49.5 Å². The Labute approximate surface area is 156 Å². The van der Waals surface area contributed by atoms with Crippen LogP contribution >= 0.6 is 0 Å². The van der Waals surface area contributed by atoms with Crippen LogP contribution in [-0.4, -0.2) is 15.2 Å². The van der Waals surface area contributed by atoms with Crippen LogP contribution < -0.4 is 5.32 Å². The molecule has 0 radical (unpaired) electrons. The summed E-state index contributed by atoms with van der Waals surface area (Å²) in [6.45, 7) is 1.53. The highest BCUT2D eigenvalue weighted by atomic mass is 19.1. The van der Waals surface area contributed by atoms with Gasteiger partial charge in [-0.25, -0.2) is 4.39 Å². The van der Waals surface area contributed by atoms with Crippen molar-refractivity contribution in [2.45, 2.75) is 20.1 Å². The number of aromatic nitrogens is 1. The fourth-order valence-corrected chi connectivity index (χ4v) is 2.78. The number of halogens is 1. The lowest BCUT2D eigenvalue weighted by Gasteiger charge is -2.13. The Morgan fingerprint density at radius 3 is 2.48 bits per heavy atom. The standard InChI is InChI=1S/C21H18FN3O2/c1-13-21(27)18(12-26)17(10-24-13)11-25-20-7-6-16(8-19(20)22)15-4-2-14(9-23)3-5-15/h2-8,10,25-27H,11-12H2,1H3. The van der Waals surface area contributed by atoms with Gasteiger partial charge in [0.05, 0.1) is 29.6 Å². The van der Waals surface area contributed by atoms with Crippen molar-refractivity contribution >= 4 is 5.69 Å². The average molecular weight is 363 g/mol. The van der Waals surface area contributed by atoms with Gasteiger partial charge in [0.1, 0.15) is 11.6 Å². The number of aliphatic hydroxyl groups is 1. The number of aryl methyl sites for hydroxylation is 1. The zero-order valence-electron chi connectivity index (χ0n) is 14.7. The van der Waals surface area contributed by atoms with Crippen LogP contribution in [0.4, 0.5) is 10.1 Å². The second kappa shape index (κ2) is 7.85. The second-order valence-corrected chi connectivity index (χ2v) is 6.09. The average Bonchev–Trinajstić information content (AvgIpc) is 2.69. The summed E-state index contributed by atoms with van der Waals surface area (Å²) in [4.78, 5) is 4.07. The van der Waals surface area contributed by atoms with Crippen LogP contribution in [0.5, 0.6) is 5.75 Å². The van der Waals surface area contributed by atoms with E-state index in [9.17, 15) is 14.6 Å². The fourth-order valence-electron chi connectivity index (χ4n) is 2.78. The normalized spacial score (nSPS) is 10.4. The summed E-state index contributed by atoms with van der Waals surface area (Å²) in [6.07, 6.45) is 1.55. The molecule has 0 aliphatic carbocycles. The van der Waals surface area contributed by atoms with Gasteiger partial charge in [0, 0.05) is 18.3 Å². The smallest absolute Gasteiger partial charge is 0.146 e. The second-order valence-electron chi connectivity index (χ2n) is 6.09. The molecule has 0 aliphatic heterocycles. The molecule has 0 bridgehead atoms. The van der Waals surface area contributed by atoms with Gasteiger partial charge in [-0.3, -0.25) is 4.98 Å². The number of anilines is 1. The number of aliphatic hydroxyl groups excluding tert-OH is 1. The number of nitriles is 1. The largest absolute Gasteiger partial charge is 0.506 e. The molecule has 0 amide bonds. The lowest BCUT2D eigenvalue weighted by atomic mass is 10.0. The van der Waals surface area contributed by atoms with Crippen molar-refractivity contribution in [2.75, 3.05) is 5.32 Å². The van der Waals surface area contributed by atoms with Gasteiger partial charge in [0.15, 0.2) is 0 Å². The maximum absolute atomic E-state index is 14.5. The fraction of sp³-hybridized carbons (Fsp3) is 0.143. The van der Waals surface area contributed by atoms with Gasteiger partial charge in [-0.1, -0.05) is 18.2 Å². The third kappa shape index (κ3) is 3.89. The molecule has 0 fully saturated rings. The van der Waals surface area contributed by atoms with Gasteiger partial charge in [0.25, 0.3) is 0 Å². The van der Waals surface area contributed by atoms with Crippen LogP contribution in [0.2, 0.25) is 0 Å². The van der Waals surface area contributed by atoms with Gasteiger partial charge in [0.2, 0.25) is 0 Å². The molecular formula is C21H18FN3O2. The van der Waals surface area contributed by atoms with Crippen LogP contribution in [0.3, 0.4) is 0 Å². The van der Waals surface area contributed by atoms with Crippen LogP contribution in [0.15, 0.2) is 48.7 Å². The molecule has 3 rings (SSSR count). The first-order valence-corrected chi connectivity index (χ1v) is 8.34. The van der Waals surface area contributed by atoms with E-state index in [1.165, 1.54) is 6.07 Å². The molecule has 0 atom stereocenters. The predicted octanol–water partition coefficient (Wildman–Crippen LogP) is 3.88. The Balaban J connectivity index is 1.79. The highest BCUT2D eigenvalue weighted by Gasteiger charge is 2.12. The van der Waals surface area contributed by atoms with Crippen molar-refractivity contribution < 1.29 is 14.6 Å². The van der Waals surface area contributed by atoms with Crippen LogP contribution in [0, 0.1) is 24.1 Å². The minimum absolute atomic E-state index is 0.0477. The SMILES string of the molecule is Cc1ncc(CNc2ccc(-c3ccc(C#N)cc3)cc2F)c(CO)c1O. The molecule has 0 unspecified atom stereocenters. The summed E-state index contributed by atoms with van der Waals surface area (Å²) in [5, 5.41) is 31.3. The quantitative estimate of drug-likeness (QED) is 0.640. The van der Waals surface area contributed by atoms with E-state index in [0.717, 1.165) is 5.56 Å². The molecule has 1 heterocycles. The zero-order chi connectivity index (χ0) is 19.4. The molecule has 2 aromatic carbocycles. The maximum atomic E-state index is 14.5. The zero-order valence-corrected chi connectivity index (χ0v) is 14.7. The first-order chi connectivity index (χ1) is 13.0. The van der Waals surface area contributed by atoms with Crippen LogP contribution in [-0.2, 0) is 13.2 Å². The molecular weight excluding hydrogens is 345 g/mol. The van der Waals surface area contributed by atoms with E-state index in [2.05, 4.69) is 16.4 Å². The summed E-state index contributed by atoms with van der Waals surface area (Å²) in [7, 11) is 0. The third-order valence-corrected chi connectivity index (χ3v) is 4.37. The Morgan fingerprint density at radius 2 is 1.85 bits per heavy atom. The van der Waals surface area contributed by atoms with E-state index in [1.807, 2.05) is 0 Å². The Hall–Kier alpha value is -3.43. The molecule has 3 N–H and O–H groups in total. The number of hydrogen-bond acceptors (Lipinski definition) is 5. The third-order valence-electron chi connectivity index (χ3n) is 4.37. The van der Waals surface area contributed by atoms with Crippen molar-refractivity contribution in [2.24, 2.45) is 0 Å². The van der Waals surface area contributed by atoms with E-state index in [-0.39, 0.29) is 18.9 Å². The number of nitrogens with one attached hydrogen (secondary N) is 1. The van der Waals surface area contributed by atoms with Crippen molar-refractivity contribution in [3.63, 3.8) is 0 Å². The van der Waals surface area contributed by atoms with E-state index in [4.69, 9.17) is 5.26 Å². The lowest BCUT2D eigenvalue weighted by molar-refractivity contribution is 0.273. The Morgan fingerprint density at radius 1 is 1.15 bits per heavy atom. The highest BCUT2D eigenvalue weighted by Crippen LogP contribution is 2.27. The van der Waals surface area contributed by atoms with Crippen molar-refractivity contribution in [1.29, 1.82) is 5.26 Å².